The van der Waals surface area contributed by atoms with E-state index in [1.54, 1.807) is 30.3 Å². The summed E-state index contributed by atoms with van der Waals surface area (Å²) in [5, 5.41) is 0. The molecule has 100 valence electrons. The zero-order valence-corrected chi connectivity index (χ0v) is 10.6. The van der Waals surface area contributed by atoms with Crippen molar-refractivity contribution in [3.63, 3.8) is 0 Å². The lowest BCUT2D eigenvalue weighted by atomic mass is 10.2. The smallest absolute Gasteiger partial charge is 0.343 e. The fourth-order valence-electron chi connectivity index (χ4n) is 1.62. The average Bonchev–Trinajstić information content (AvgIpc) is 2.39. The Balaban J connectivity index is 2.37. The predicted molar refractivity (Wildman–Crippen MR) is 68.9 cm³/mol. The Morgan fingerprint density at radius 1 is 0.842 bits per heavy atom. The summed E-state index contributed by atoms with van der Waals surface area (Å²) in [7, 11) is -2.77. The highest BCUT2D eigenvalue weighted by Gasteiger charge is 2.31. The van der Waals surface area contributed by atoms with Gasteiger partial charge in [0.2, 0.25) is 0 Å². The molecule has 0 saturated heterocycles. The third kappa shape index (κ3) is 2.93. The lowest BCUT2D eigenvalue weighted by Gasteiger charge is -2.29. The Labute approximate surface area is 111 Å². The Kier molecular flexibility index (Phi) is 3.60. The van der Waals surface area contributed by atoms with E-state index in [1.807, 2.05) is 0 Å². The van der Waals surface area contributed by atoms with Crippen LogP contribution in [0.3, 0.4) is 0 Å². The van der Waals surface area contributed by atoms with E-state index in [4.69, 9.17) is 6.26 Å². The van der Waals surface area contributed by atoms with Gasteiger partial charge in [0, 0.05) is 16.0 Å². The summed E-state index contributed by atoms with van der Waals surface area (Å²) >= 11 is 0. The molecular weight excluding hydrogens is 273 g/mol. The van der Waals surface area contributed by atoms with Crippen molar-refractivity contribution < 1.29 is 17.7 Å². The molecular formula is C14H11F3OS. The highest BCUT2D eigenvalue weighted by Crippen LogP contribution is 2.57. The number of alkyl halides is 3. The molecule has 1 nitrogen and oxygen atoms in total. The molecule has 1 N–H and O–H groups in total. The average molecular weight is 284 g/mol. The first kappa shape index (κ1) is 14.0. The third-order valence-corrected chi connectivity index (χ3v) is 4.63. The number of halogens is 3. The summed E-state index contributed by atoms with van der Waals surface area (Å²) in [6, 6.07) is 12.8. The molecule has 1 atom stereocenters. The number of hydrogen-bond donors (Lipinski definition) is 1. The maximum absolute atomic E-state index is 12.5. The molecule has 2 aromatic rings. The van der Waals surface area contributed by atoms with Crippen molar-refractivity contribution in [2.75, 3.05) is 0 Å². The molecule has 2 radical (unpaired) electrons. The molecule has 5 heteroatoms. The summed E-state index contributed by atoms with van der Waals surface area (Å²) in [6.45, 7) is 0. The van der Waals surface area contributed by atoms with Crippen LogP contribution < -0.4 is 0 Å². The highest BCUT2D eigenvalue weighted by molar-refractivity contribution is 8.30. The number of hydrogen-bond acceptors (Lipinski definition) is 1. The van der Waals surface area contributed by atoms with E-state index < -0.39 is 22.0 Å². The van der Waals surface area contributed by atoms with Crippen molar-refractivity contribution in [1.29, 1.82) is 0 Å². The second kappa shape index (κ2) is 4.90. The SMILES string of the molecule is [CH]S(O)(c1ccccc1)c1ccc(C(F)(F)F)cc1. The van der Waals surface area contributed by atoms with Crippen molar-refractivity contribution in [3.8, 4) is 0 Å². The van der Waals surface area contributed by atoms with E-state index in [2.05, 4.69) is 0 Å². The molecule has 0 aromatic heterocycles. The van der Waals surface area contributed by atoms with E-state index in [-0.39, 0.29) is 4.90 Å². The van der Waals surface area contributed by atoms with Crippen molar-refractivity contribution in [2.45, 2.75) is 16.0 Å². The summed E-state index contributed by atoms with van der Waals surface area (Å²) in [5.41, 5.74) is -0.764. The lowest BCUT2D eigenvalue weighted by molar-refractivity contribution is -0.137. The molecule has 2 rings (SSSR count). The summed E-state index contributed by atoms with van der Waals surface area (Å²) in [4.78, 5) is 0.779. The standard InChI is InChI=1S/C14H11F3OS/c1-19(18,12-5-3-2-4-6-12)13-9-7-11(8-10-13)14(15,16)17/h1-10,18H. The second-order valence-corrected chi connectivity index (χ2v) is 6.16. The van der Waals surface area contributed by atoms with Crippen LogP contribution in [0, 0.1) is 6.26 Å². The maximum Gasteiger partial charge on any atom is 0.416 e. The normalized spacial score (nSPS) is 16.7. The summed E-state index contributed by atoms with van der Waals surface area (Å²) in [6.07, 6.45) is 1.48. The van der Waals surface area contributed by atoms with Gasteiger partial charge >= 0.3 is 6.18 Å². The largest absolute Gasteiger partial charge is 0.416 e. The minimum atomic E-state index is -4.40. The van der Waals surface area contributed by atoms with Crippen LogP contribution in [0.1, 0.15) is 5.56 Å². The quantitative estimate of drug-likeness (QED) is 0.816. The van der Waals surface area contributed by atoms with Crippen molar-refractivity contribution >= 4 is 10.3 Å². The van der Waals surface area contributed by atoms with Gasteiger partial charge in [0.1, 0.15) is 0 Å². The molecule has 0 fully saturated rings. The van der Waals surface area contributed by atoms with Crippen molar-refractivity contribution in [1.82, 2.24) is 0 Å². The molecule has 0 aliphatic heterocycles. The topological polar surface area (TPSA) is 20.2 Å². The zero-order chi connectivity index (χ0) is 14.1. The van der Waals surface area contributed by atoms with Gasteiger partial charge in [-0.05, 0) is 36.4 Å². The fraction of sp³-hybridized carbons (Fsp3) is 0.0714. The van der Waals surface area contributed by atoms with Gasteiger partial charge < -0.3 is 4.55 Å². The van der Waals surface area contributed by atoms with E-state index in [1.165, 1.54) is 12.1 Å². The molecule has 1 unspecified atom stereocenters. The van der Waals surface area contributed by atoms with Gasteiger partial charge in [0.15, 0.2) is 0 Å². The van der Waals surface area contributed by atoms with Crippen molar-refractivity contribution in [2.24, 2.45) is 0 Å². The van der Waals surface area contributed by atoms with Gasteiger partial charge in [0.05, 0.1) is 5.56 Å². The van der Waals surface area contributed by atoms with E-state index in [9.17, 15) is 17.7 Å². The van der Waals surface area contributed by atoms with Crippen LogP contribution in [0.4, 0.5) is 13.2 Å². The molecule has 0 aliphatic carbocycles. The van der Waals surface area contributed by atoms with E-state index in [0.29, 0.717) is 4.90 Å². The Hall–Kier alpha value is -1.46. The Bertz CT molecular complexity index is 547. The molecule has 0 spiro atoms. The van der Waals surface area contributed by atoms with Crippen LogP contribution in [0.15, 0.2) is 64.4 Å². The molecule has 0 saturated carbocycles. The Morgan fingerprint density at radius 3 is 1.79 bits per heavy atom. The second-order valence-electron chi connectivity index (χ2n) is 3.96. The van der Waals surface area contributed by atoms with Gasteiger partial charge in [-0.25, -0.2) is 0 Å². The van der Waals surface area contributed by atoms with E-state index >= 15 is 0 Å². The molecule has 0 amide bonds. The van der Waals surface area contributed by atoms with Crippen LogP contribution in [-0.4, -0.2) is 4.55 Å². The lowest BCUT2D eigenvalue weighted by Crippen LogP contribution is -2.05. The van der Waals surface area contributed by atoms with Gasteiger partial charge in [-0.3, -0.25) is 0 Å². The maximum atomic E-state index is 12.5. The highest BCUT2D eigenvalue weighted by atomic mass is 32.3. The molecule has 0 heterocycles. The first-order valence-electron chi connectivity index (χ1n) is 5.38. The first-order valence-corrected chi connectivity index (χ1v) is 7.03. The molecule has 19 heavy (non-hydrogen) atoms. The summed E-state index contributed by atoms with van der Waals surface area (Å²) in [5.74, 6) is 0. The zero-order valence-electron chi connectivity index (χ0n) is 9.76. The molecule has 2 aromatic carbocycles. The minimum absolute atomic E-state index is 0.284. The van der Waals surface area contributed by atoms with Crippen LogP contribution in [0.5, 0.6) is 0 Å². The number of rotatable bonds is 2. The number of benzene rings is 2. The van der Waals surface area contributed by atoms with Gasteiger partial charge in [-0.1, -0.05) is 28.5 Å². The monoisotopic (exact) mass is 284 g/mol. The van der Waals surface area contributed by atoms with Crippen molar-refractivity contribution in [3.05, 3.63) is 66.4 Å². The molecule has 0 bridgehead atoms. The van der Waals surface area contributed by atoms with Crippen LogP contribution >= 0.6 is 10.3 Å². The summed E-state index contributed by atoms with van der Waals surface area (Å²) < 4.78 is 47.7. The first-order chi connectivity index (χ1) is 8.82. The van der Waals surface area contributed by atoms with Crippen LogP contribution in [0.2, 0.25) is 0 Å². The van der Waals surface area contributed by atoms with E-state index in [0.717, 1.165) is 12.1 Å². The van der Waals surface area contributed by atoms with Gasteiger partial charge in [-0.2, -0.15) is 13.2 Å². The van der Waals surface area contributed by atoms with Crippen LogP contribution in [0.25, 0.3) is 0 Å². The van der Waals surface area contributed by atoms with Gasteiger partial charge in [0.25, 0.3) is 0 Å². The minimum Gasteiger partial charge on any atom is -0.343 e. The fourth-order valence-corrected chi connectivity index (χ4v) is 3.01. The predicted octanol–water partition coefficient (Wildman–Crippen LogP) is 5.07. The molecule has 0 aliphatic rings. The Morgan fingerprint density at radius 2 is 1.32 bits per heavy atom. The van der Waals surface area contributed by atoms with Crippen LogP contribution in [-0.2, 0) is 6.18 Å². The van der Waals surface area contributed by atoms with Gasteiger partial charge in [-0.15, -0.1) is 0 Å². The third-order valence-electron chi connectivity index (χ3n) is 2.64.